The number of hydrogen-bond donors (Lipinski definition) is 3. The molecule has 0 amide bonds. The SMILES string of the molecule is CCOC(=O)c1[nH]ncc1[N+](=O)[O-].O=C(O)c1[nH]ncc1[N+](=O)[O-]. The van der Waals surface area contributed by atoms with Gasteiger partial charge in [0, 0.05) is 0 Å². The number of nitrogens with one attached hydrogen (secondary N) is 2. The lowest BCUT2D eigenvalue weighted by molar-refractivity contribution is -0.385. The average Bonchev–Trinajstić information content (AvgIpc) is 3.17. The van der Waals surface area contributed by atoms with Gasteiger partial charge in [-0.25, -0.2) is 9.59 Å². The molecule has 2 heterocycles. The Kier molecular flexibility index (Phi) is 6.05. The Hall–Kier alpha value is -3.84. The van der Waals surface area contributed by atoms with Crippen LogP contribution in [-0.2, 0) is 4.74 Å². The molecule has 0 spiro atoms. The highest BCUT2D eigenvalue weighted by Gasteiger charge is 2.23. The fourth-order valence-electron chi connectivity index (χ4n) is 1.35. The molecule has 0 aromatic carbocycles. The molecule has 24 heavy (non-hydrogen) atoms. The van der Waals surface area contributed by atoms with Crippen LogP contribution in [0.3, 0.4) is 0 Å². The van der Waals surface area contributed by atoms with Crippen LogP contribution in [0.2, 0.25) is 0 Å². The lowest BCUT2D eigenvalue weighted by Crippen LogP contribution is -2.07. The van der Waals surface area contributed by atoms with E-state index in [-0.39, 0.29) is 18.0 Å². The van der Waals surface area contributed by atoms with E-state index in [1.807, 2.05) is 5.10 Å². The highest BCUT2D eigenvalue weighted by molar-refractivity contribution is 5.91. The van der Waals surface area contributed by atoms with Crippen molar-refractivity contribution in [2.75, 3.05) is 6.61 Å². The first-order valence-corrected chi connectivity index (χ1v) is 6.05. The number of aromatic amines is 2. The molecule has 2 aromatic rings. The van der Waals surface area contributed by atoms with E-state index in [2.05, 4.69) is 20.0 Å². The maximum atomic E-state index is 11.0. The molecule has 0 unspecified atom stereocenters. The summed E-state index contributed by atoms with van der Waals surface area (Å²) >= 11 is 0. The van der Waals surface area contributed by atoms with Gasteiger partial charge < -0.3 is 9.84 Å². The van der Waals surface area contributed by atoms with Crippen LogP contribution in [0.1, 0.15) is 27.9 Å². The first kappa shape index (κ1) is 18.2. The van der Waals surface area contributed by atoms with Gasteiger partial charge in [-0.15, -0.1) is 0 Å². The summed E-state index contributed by atoms with van der Waals surface area (Å²) in [5, 5.41) is 39.5. The Morgan fingerprint density at radius 2 is 1.58 bits per heavy atom. The molecule has 0 radical (unpaired) electrons. The lowest BCUT2D eigenvalue weighted by Gasteiger charge is -1.96. The van der Waals surface area contributed by atoms with Gasteiger partial charge in [0.15, 0.2) is 0 Å². The van der Waals surface area contributed by atoms with E-state index in [9.17, 15) is 29.8 Å². The van der Waals surface area contributed by atoms with Crippen LogP contribution in [0, 0.1) is 20.2 Å². The van der Waals surface area contributed by atoms with Crippen molar-refractivity contribution in [3.63, 3.8) is 0 Å². The van der Waals surface area contributed by atoms with Gasteiger partial charge in [0.25, 0.3) is 0 Å². The molecule has 3 N–H and O–H groups in total. The molecule has 0 aliphatic heterocycles. The largest absolute Gasteiger partial charge is 0.476 e. The minimum Gasteiger partial charge on any atom is -0.476 e. The molecule has 2 aromatic heterocycles. The van der Waals surface area contributed by atoms with Gasteiger partial charge in [-0.05, 0) is 6.92 Å². The average molecular weight is 342 g/mol. The number of carboxylic acid groups (broad SMARTS) is 1. The number of hydrogen-bond acceptors (Lipinski definition) is 9. The highest BCUT2D eigenvalue weighted by atomic mass is 16.6. The van der Waals surface area contributed by atoms with Gasteiger partial charge >= 0.3 is 23.3 Å². The van der Waals surface area contributed by atoms with E-state index in [0.717, 1.165) is 12.4 Å². The number of aromatic carboxylic acids is 1. The summed E-state index contributed by atoms with van der Waals surface area (Å²) in [4.78, 5) is 40.1. The van der Waals surface area contributed by atoms with Gasteiger partial charge in [0.05, 0.1) is 16.5 Å². The fraction of sp³-hybridized carbons (Fsp3) is 0.200. The molecule has 0 atom stereocenters. The van der Waals surface area contributed by atoms with Crippen molar-refractivity contribution < 1.29 is 29.3 Å². The molecule has 0 aliphatic carbocycles. The Labute approximate surface area is 131 Å². The molecular weight excluding hydrogens is 332 g/mol. The molecule has 0 aliphatic rings. The number of ether oxygens (including phenoxy) is 1. The first-order chi connectivity index (χ1) is 11.3. The summed E-state index contributed by atoms with van der Waals surface area (Å²) in [6.07, 6.45) is 1.82. The predicted octanol–water partition coefficient (Wildman–Crippen LogP) is 0.511. The van der Waals surface area contributed by atoms with Gasteiger partial charge in [-0.2, -0.15) is 10.2 Å². The molecule has 0 saturated carbocycles. The Balaban J connectivity index is 0.000000243. The highest BCUT2D eigenvalue weighted by Crippen LogP contribution is 2.15. The maximum absolute atomic E-state index is 11.0. The van der Waals surface area contributed by atoms with Crippen molar-refractivity contribution in [1.82, 2.24) is 20.4 Å². The van der Waals surface area contributed by atoms with E-state index in [1.54, 1.807) is 6.92 Å². The van der Waals surface area contributed by atoms with Crippen LogP contribution >= 0.6 is 0 Å². The minimum atomic E-state index is -1.39. The second kappa shape index (κ2) is 7.97. The van der Waals surface area contributed by atoms with Crippen molar-refractivity contribution in [1.29, 1.82) is 0 Å². The number of nitro groups is 2. The number of aromatic nitrogens is 4. The topological polar surface area (TPSA) is 207 Å². The van der Waals surface area contributed by atoms with Crippen LogP contribution < -0.4 is 0 Å². The number of carboxylic acids is 1. The molecule has 14 nitrogen and oxygen atoms in total. The molecular formula is C10H10N6O8. The summed E-state index contributed by atoms with van der Waals surface area (Å²) in [7, 11) is 0. The zero-order chi connectivity index (χ0) is 18.3. The minimum absolute atomic E-state index is 0.162. The van der Waals surface area contributed by atoms with Gasteiger partial charge in [0.1, 0.15) is 12.4 Å². The van der Waals surface area contributed by atoms with E-state index in [4.69, 9.17) is 5.11 Å². The second-order valence-corrected chi connectivity index (χ2v) is 3.80. The van der Waals surface area contributed by atoms with Crippen LogP contribution in [0.5, 0.6) is 0 Å². The zero-order valence-electron chi connectivity index (χ0n) is 12.0. The monoisotopic (exact) mass is 342 g/mol. The zero-order valence-corrected chi connectivity index (χ0v) is 12.0. The predicted molar refractivity (Wildman–Crippen MR) is 73.4 cm³/mol. The number of nitrogens with zero attached hydrogens (tertiary/aromatic N) is 4. The first-order valence-electron chi connectivity index (χ1n) is 6.05. The van der Waals surface area contributed by atoms with Crippen molar-refractivity contribution in [3.05, 3.63) is 44.0 Å². The number of H-pyrrole nitrogens is 2. The quantitative estimate of drug-likeness (QED) is 0.389. The third-order valence-corrected chi connectivity index (χ3v) is 2.33. The van der Waals surface area contributed by atoms with Gasteiger partial charge in [0.2, 0.25) is 11.4 Å². The summed E-state index contributed by atoms with van der Waals surface area (Å²) < 4.78 is 4.56. The maximum Gasteiger partial charge on any atom is 0.363 e. The number of rotatable bonds is 5. The van der Waals surface area contributed by atoms with Crippen LogP contribution in [0.4, 0.5) is 11.4 Å². The normalized spacial score (nSPS) is 9.54. The molecule has 0 fully saturated rings. The third-order valence-electron chi connectivity index (χ3n) is 2.33. The van der Waals surface area contributed by atoms with Crippen molar-refractivity contribution in [2.24, 2.45) is 0 Å². The number of carbonyl (C=O) groups is 2. The van der Waals surface area contributed by atoms with Crippen molar-refractivity contribution >= 4 is 23.3 Å². The molecule has 14 heteroatoms. The summed E-state index contributed by atoms with van der Waals surface area (Å²) in [5.41, 5.74) is -1.64. The van der Waals surface area contributed by atoms with Crippen molar-refractivity contribution in [2.45, 2.75) is 6.92 Å². The molecule has 128 valence electrons. The smallest absolute Gasteiger partial charge is 0.363 e. The molecule has 0 saturated heterocycles. The van der Waals surface area contributed by atoms with E-state index in [0.29, 0.717) is 0 Å². The van der Waals surface area contributed by atoms with Crippen LogP contribution in [-0.4, -0.2) is 53.9 Å². The van der Waals surface area contributed by atoms with E-state index in [1.165, 1.54) is 0 Å². The number of carbonyl (C=O) groups excluding carboxylic acids is 1. The van der Waals surface area contributed by atoms with Crippen LogP contribution in [0.15, 0.2) is 12.4 Å². The Bertz CT molecular complexity index is 736. The van der Waals surface area contributed by atoms with Crippen LogP contribution in [0.25, 0.3) is 0 Å². The molecule has 2 rings (SSSR count). The second-order valence-electron chi connectivity index (χ2n) is 3.80. The molecule has 0 bridgehead atoms. The van der Waals surface area contributed by atoms with Crippen molar-refractivity contribution in [3.8, 4) is 0 Å². The summed E-state index contributed by atoms with van der Waals surface area (Å²) in [5.74, 6) is -2.17. The lowest BCUT2D eigenvalue weighted by atomic mass is 10.4. The fourth-order valence-corrected chi connectivity index (χ4v) is 1.35. The Morgan fingerprint density at radius 1 is 1.12 bits per heavy atom. The summed E-state index contributed by atoms with van der Waals surface area (Å²) in [6.45, 7) is 1.77. The standard InChI is InChI=1S/C6H7N3O4.C4H3N3O4/c1-2-13-6(10)5-4(9(11)12)3-7-8-5;8-4(9)3-2(7(10)11)1-5-6-3/h3H,2H2,1H3,(H,7,8);1H,(H,5,6)(H,8,9). The van der Waals surface area contributed by atoms with E-state index < -0.39 is 33.2 Å². The number of esters is 1. The summed E-state index contributed by atoms with van der Waals surface area (Å²) in [6, 6.07) is 0. The van der Waals surface area contributed by atoms with Gasteiger partial charge in [-0.1, -0.05) is 0 Å². The Morgan fingerprint density at radius 3 is 1.96 bits per heavy atom. The van der Waals surface area contributed by atoms with Gasteiger partial charge in [-0.3, -0.25) is 30.4 Å². The van der Waals surface area contributed by atoms with E-state index >= 15 is 0 Å². The third kappa shape index (κ3) is 4.33.